The molecule has 1 aliphatic rings. The molecule has 0 spiro atoms. The number of fused-ring (bicyclic) bond motifs is 2. The maximum absolute atomic E-state index is 14.5. The number of hydrogen-bond acceptors (Lipinski definition) is 11. The number of aliphatic hydroxyl groups excluding tert-OH is 1. The molecule has 3 aromatic heterocycles. The van der Waals surface area contributed by atoms with E-state index in [-0.39, 0.29) is 24.6 Å². The van der Waals surface area contributed by atoms with Gasteiger partial charge >= 0.3 is 13.7 Å². The minimum atomic E-state index is -4.39. The van der Waals surface area contributed by atoms with Crippen molar-refractivity contribution < 1.29 is 33.0 Å². The number of ether oxygens (including phenoxy) is 2. The van der Waals surface area contributed by atoms with Gasteiger partial charge in [-0.15, -0.1) is 0 Å². The van der Waals surface area contributed by atoms with Crippen molar-refractivity contribution in [3.8, 4) is 11.8 Å². The smallest absolute Gasteiger partial charge is 0.459 e. The lowest BCUT2D eigenvalue weighted by Gasteiger charge is -2.26. The second-order valence-electron chi connectivity index (χ2n) is 11.1. The summed E-state index contributed by atoms with van der Waals surface area (Å²) in [5, 5.41) is 29.6. The van der Waals surface area contributed by atoms with Crippen molar-refractivity contribution >= 4 is 36.0 Å². The van der Waals surface area contributed by atoms with Gasteiger partial charge in [0, 0.05) is 29.4 Å². The van der Waals surface area contributed by atoms with Crippen LogP contribution in [0.25, 0.3) is 16.4 Å². The van der Waals surface area contributed by atoms with Gasteiger partial charge in [0.1, 0.15) is 35.8 Å². The Morgan fingerprint density at radius 3 is 2.77 bits per heavy atom. The average Bonchev–Trinajstić information content (AvgIpc) is 3.76. The zero-order chi connectivity index (χ0) is 33.2. The molecule has 14 nitrogen and oxygen atoms in total. The fourth-order valence-electron chi connectivity index (χ4n) is 5.84. The first-order chi connectivity index (χ1) is 22.7. The maximum Gasteiger partial charge on any atom is 0.459 e. The van der Waals surface area contributed by atoms with Crippen molar-refractivity contribution in [3.63, 3.8) is 0 Å². The first-order valence-electron chi connectivity index (χ1n) is 15.0. The van der Waals surface area contributed by atoms with E-state index in [2.05, 4.69) is 26.2 Å². The number of aromatic amines is 1. The molecule has 15 heteroatoms. The van der Waals surface area contributed by atoms with Gasteiger partial charge in [-0.3, -0.25) is 9.32 Å². The molecular weight excluding hydrogens is 625 g/mol. The van der Waals surface area contributed by atoms with Crippen molar-refractivity contribution in [1.82, 2.24) is 24.7 Å². The highest BCUT2D eigenvalue weighted by Crippen LogP contribution is 2.49. The van der Waals surface area contributed by atoms with E-state index >= 15 is 0 Å². The topological polar surface area (TPSA) is 199 Å². The van der Waals surface area contributed by atoms with E-state index in [4.69, 9.17) is 24.3 Å². The van der Waals surface area contributed by atoms with Crippen LogP contribution in [0.3, 0.4) is 0 Å². The van der Waals surface area contributed by atoms with Gasteiger partial charge in [-0.1, -0.05) is 43.3 Å². The molecule has 0 radical (unpaired) electrons. The fourth-order valence-corrected chi connectivity index (χ4v) is 7.34. The van der Waals surface area contributed by atoms with Gasteiger partial charge in [0.05, 0.1) is 25.0 Å². The molecule has 244 valence electrons. The number of nitrogen functional groups attached to an aromatic ring is 1. The summed E-state index contributed by atoms with van der Waals surface area (Å²) in [6, 6.07) is 20.3. The number of aliphatic hydroxyl groups is 1. The molecule has 0 saturated carbocycles. The summed E-state index contributed by atoms with van der Waals surface area (Å²) in [7, 11) is -4.39. The zero-order valence-corrected chi connectivity index (χ0v) is 26.5. The summed E-state index contributed by atoms with van der Waals surface area (Å²) in [5.74, 6) is -1.01. The number of para-hydroxylation sites is 2. The molecule has 0 bridgehead atoms. The van der Waals surface area contributed by atoms with Gasteiger partial charge < -0.3 is 29.8 Å². The third kappa shape index (κ3) is 6.19. The molecule has 47 heavy (non-hydrogen) atoms. The number of aromatic nitrogens is 4. The second kappa shape index (κ2) is 13.2. The van der Waals surface area contributed by atoms with E-state index < -0.39 is 50.1 Å². The molecule has 1 saturated heterocycles. The number of carbonyl (C=O) groups excluding carboxylic acids is 1. The number of H-pyrrole nitrogens is 1. The predicted octanol–water partition coefficient (Wildman–Crippen LogP) is 3.88. The number of nitrogens with two attached hydrogens (primary N) is 1. The minimum absolute atomic E-state index is 0.0941. The SMILES string of the molecule is CCOC(=O)[C@H](Cc1c[nH]c2ccccc12)NP(=O)(OC[C@H]1O[C@@](C#N)(c2ccc3c(N)ncnn23)[C@@H](C)[C@@H]1O)Oc1ccccc1. The number of nitriles is 1. The highest BCUT2D eigenvalue weighted by Gasteiger charge is 2.56. The van der Waals surface area contributed by atoms with Crippen LogP contribution in [0.4, 0.5) is 5.82 Å². The Morgan fingerprint density at radius 1 is 1.23 bits per heavy atom. The van der Waals surface area contributed by atoms with Crippen LogP contribution < -0.4 is 15.3 Å². The van der Waals surface area contributed by atoms with Gasteiger partial charge in [0.25, 0.3) is 0 Å². The van der Waals surface area contributed by atoms with Crippen LogP contribution in [0, 0.1) is 17.2 Å². The molecule has 4 heterocycles. The van der Waals surface area contributed by atoms with E-state index in [0.29, 0.717) is 11.2 Å². The van der Waals surface area contributed by atoms with Gasteiger partial charge in [-0.25, -0.2) is 14.1 Å². The average molecular weight is 660 g/mol. The molecule has 1 unspecified atom stereocenters. The largest absolute Gasteiger partial charge is 0.465 e. The van der Waals surface area contributed by atoms with Crippen molar-refractivity contribution in [2.45, 2.75) is 44.1 Å². The quantitative estimate of drug-likeness (QED) is 0.112. The third-order valence-corrected chi connectivity index (χ3v) is 9.83. The van der Waals surface area contributed by atoms with Crippen LogP contribution in [0.15, 0.2) is 79.3 Å². The van der Waals surface area contributed by atoms with E-state index in [1.54, 1.807) is 62.5 Å². The number of carbonyl (C=O) groups is 1. The van der Waals surface area contributed by atoms with Crippen LogP contribution in [-0.2, 0) is 35.4 Å². The van der Waals surface area contributed by atoms with Crippen LogP contribution in [0.1, 0.15) is 25.1 Å². The van der Waals surface area contributed by atoms with Crippen molar-refractivity contribution in [2.24, 2.45) is 5.92 Å². The molecule has 1 fully saturated rings. The monoisotopic (exact) mass is 659 g/mol. The number of benzene rings is 2. The summed E-state index contributed by atoms with van der Waals surface area (Å²) in [6.45, 7) is 2.97. The molecule has 2 aromatic carbocycles. The number of nitrogens with one attached hydrogen (secondary N) is 2. The van der Waals surface area contributed by atoms with Crippen LogP contribution in [0.2, 0.25) is 0 Å². The lowest BCUT2D eigenvalue weighted by atomic mass is 9.85. The fraction of sp³-hybridized carbons (Fsp3) is 0.312. The second-order valence-corrected chi connectivity index (χ2v) is 12.8. The van der Waals surface area contributed by atoms with Gasteiger partial charge in [0.2, 0.25) is 5.60 Å². The third-order valence-electron chi connectivity index (χ3n) is 8.26. The molecular formula is C32H34N7O7P. The van der Waals surface area contributed by atoms with Crippen LogP contribution in [-0.4, -0.2) is 62.1 Å². The Balaban J connectivity index is 1.28. The standard InChI is InChI=1S/C32H34N7O7P/c1-3-43-31(41)25(15-21-16-35-24-12-8-7-11-23(21)24)38-47(42,46-22-9-5-4-6-10-22)44-17-27-29(40)20(2)32(18-33,45-27)28-14-13-26-30(34)36-19-37-39(26)28/h4-14,16,19-20,25,27,29,35,40H,3,15,17H2,1-2H3,(H,38,42)(H2,34,36,37)/t20-,25-,27+,29-,32+,47?/m0/s1. The normalized spacial score (nSPS) is 22.9. The Morgan fingerprint density at radius 2 is 2.00 bits per heavy atom. The number of hydrogen-bond donors (Lipinski definition) is 4. The summed E-state index contributed by atoms with van der Waals surface area (Å²) in [6.07, 6.45) is 0.776. The zero-order valence-electron chi connectivity index (χ0n) is 25.6. The van der Waals surface area contributed by atoms with Crippen LogP contribution >= 0.6 is 7.75 Å². The molecule has 0 amide bonds. The summed E-state index contributed by atoms with van der Waals surface area (Å²) < 4.78 is 39.3. The summed E-state index contributed by atoms with van der Waals surface area (Å²) >= 11 is 0. The maximum atomic E-state index is 14.5. The lowest BCUT2D eigenvalue weighted by Crippen LogP contribution is -2.40. The van der Waals surface area contributed by atoms with Crippen molar-refractivity contribution in [1.29, 1.82) is 5.26 Å². The molecule has 1 aliphatic heterocycles. The molecule has 5 aromatic rings. The number of anilines is 1. The Labute approximate surface area is 270 Å². The Bertz CT molecular complexity index is 1980. The number of esters is 1. The van der Waals surface area contributed by atoms with Gasteiger partial charge in [-0.05, 0) is 42.8 Å². The van der Waals surface area contributed by atoms with Gasteiger partial charge in [0.15, 0.2) is 5.82 Å². The van der Waals surface area contributed by atoms with Crippen molar-refractivity contribution in [2.75, 3.05) is 18.9 Å². The van der Waals surface area contributed by atoms with Crippen molar-refractivity contribution in [3.05, 3.63) is 90.5 Å². The number of rotatable bonds is 12. The van der Waals surface area contributed by atoms with E-state index in [1.807, 2.05) is 24.3 Å². The molecule has 6 atom stereocenters. The Kier molecular flexibility index (Phi) is 9.01. The molecule has 5 N–H and O–H groups in total. The summed E-state index contributed by atoms with van der Waals surface area (Å²) in [5.41, 5.74) is 6.79. The Hall–Kier alpha value is -4.77. The lowest BCUT2D eigenvalue weighted by molar-refractivity contribution is -0.145. The predicted molar refractivity (Wildman–Crippen MR) is 171 cm³/mol. The molecule has 0 aliphatic carbocycles. The van der Waals surface area contributed by atoms with E-state index in [9.17, 15) is 19.7 Å². The summed E-state index contributed by atoms with van der Waals surface area (Å²) in [4.78, 5) is 20.4. The first-order valence-corrected chi connectivity index (χ1v) is 16.6. The molecule has 6 rings (SSSR count). The van der Waals surface area contributed by atoms with E-state index in [0.717, 1.165) is 16.5 Å². The van der Waals surface area contributed by atoms with Crippen LogP contribution in [0.5, 0.6) is 5.75 Å². The number of nitrogens with zero attached hydrogens (tertiary/aromatic N) is 4. The van der Waals surface area contributed by atoms with Gasteiger partial charge in [-0.2, -0.15) is 15.4 Å². The minimum Gasteiger partial charge on any atom is -0.465 e. The van der Waals surface area contributed by atoms with E-state index in [1.165, 1.54) is 10.8 Å². The highest BCUT2D eigenvalue weighted by molar-refractivity contribution is 7.52. The first kappa shape index (κ1) is 32.2. The highest BCUT2D eigenvalue weighted by atomic mass is 31.2.